The third kappa shape index (κ3) is 3.96. The molecule has 0 bridgehead atoms. The van der Waals surface area contributed by atoms with Crippen molar-refractivity contribution < 1.29 is 14.6 Å². The number of aliphatic hydroxyl groups excluding tert-OH is 1. The summed E-state index contributed by atoms with van der Waals surface area (Å²) in [6.07, 6.45) is 3.34. The van der Waals surface area contributed by atoms with E-state index in [0.717, 1.165) is 18.4 Å². The molecule has 0 saturated carbocycles. The van der Waals surface area contributed by atoms with Crippen molar-refractivity contribution in [3.8, 4) is 5.75 Å². The molecule has 0 spiro atoms. The molecule has 1 aliphatic rings. The topological polar surface area (TPSA) is 71.8 Å². The van der Waals surface area contributed by atoms with E-state index < -0.39 is 0 Å². The highest BCUT2D eigenvalue weighted by Gasteiger charge is 2.28. The minimum Gasteiger partial charge on any atom is -0.483 e. The van der Waals surface area contributed by atoms with Crippen LogP contribution in [-0.2, 0) is 13.7 Å². The lowest BCUT2D eigenvalue weighted by atomic mass is 9.98. The first-order valence-corrected chi connectivity index (χ1v) is 8.86. The molecule has 3 rings (SSSR count). The Morgan fingerprint density at radius 3 is 2.77 bits per heavy atom. The summed E-state index contributed by atoms with van der Waals surface area (Å²) in [6.45, 7) is 1.40. The average Bonchev–Trinajstić information content (AvgIpc) is 2.69. The van der Waals surface area contributed by atoms with Crippen molar-refractivity contribution in [2.24, 2.45) is 13.0 Å². The van der Waals surface area contributed by atoms with Crippen molar-refractivity contribution in [2.75, 3.05) is 19.7 Å². The number of rotatable bonds is 5. The van der Waals surface area contributed by atoms with E-state index in [-0.39, 0.29) is 41.9 Å². The number of carbonyl (C=O) groups is 1. The molecule has 138 valence electrons. The third-order valence-electron chi connectivity index (χ3n) is 4.73. The Balaban J connectivity index is 1.87. The van der Waals surface area contributed by atoms with Crippen molar-refractivity contribution >= 4 is 5.91 Å². The summed E-state index contributed by atoms with van der Waals surface area (Å²) in [6, 6.07) is 10.9. The highest BCUT2D eigenvalue weighted by Crippen LogP contribution is 2.22. The fourth-order valence-corrected chi connectivity index (χ4v) is 3.27. The van der Waals surface area contributed by atoms with Crippen molar-refractivity contribution in [2.45, 2.75) is 19.4 Å². The third-order valence-corrected chi connectivity index (χ3v) is 4.73. The first-order valence-electron chi connectivity index (χ1n) is 8.86. The molecule has 2 aromatic rings. The molecule has 2 heterocycles. The molecule has 1 saturated heterocycles. The molecule has 1 atom stereocenters. The van der Waals surface area contributed by atoms with Crippen LogP contribution in [0.25, 0.3) is 0 Å². The van der Waals surface area contributed by atoms with Gasteiger partial charge in [0.2, 0.25) is 5.43 Å². The van der Waals surface area contributed by atoms with Crippen LogP contribution in [0.1, 0.15) is 28.9 Å². The molecule has 1 aromatic carbocycles. The Morgan fingerprint density at radius 1 is 1.27 bits per heavy atom. The number of pyridine rings is 1. The Morgan fingerprint density at radius 2 is 2.04 bits per heavy atom. The van der Waals surface area contributed by atoms with Crippen molar-refractivity contribution in [3.05, 3.63) is 64.1 Å². The predicted molar refractivity (Wildman–Crippen MR) is 98.2 cm³/mol. The van der Waals surface area contributed by atoms with Crippen LogP contribution in [0.15, 0.2) is 47.4 Å². The molecule has 6 nitrogen and oxygen atoms in total. The molecule has 0 aliphatic carbocycles. The number of hydrogen-bond acceptors (Lipinski definition) is 4. The number of nitrogens with zero attached hydrogens (tertiary/aromatic N) is 2. The summed E-state index contributed by atoms with van der Waals surface area (Å²) >= 11 is 0. The molecule has 1 N–H and O–H groups in total. The highest BCUT2D eigenvalue weighted by molar-refractivity contribution is 5.95. The van der Waals surface area contributed by atoms with Gasteiger partial charge in [-0.2, -0.15) is 0 Å². The molecule has 1 unspecified atom stereocenters. The predicted octanol–water partition coefficient (Wildman–Crippen LogP) is 1.81. The van der Waals surface area contributed by atoms with Crippen molar-refractivity contribution in [1.29, 1.82) is 0 Å². The van der Waals surface area contributed by atoms with E-state index in [2.05, 4.69) is 0 Å². The van der Waals surface area contributed by atoms with Gasteiger partial charge in [0.1, 0.15) is 6.61 Å². The van der Waals surface area contributed by atoms with E-state index in [0.29, 0.717) is 13.1 Å². The van der Waals surface area contributed by atoms with Crippen LogP contribution >= 0.6 is 0 Å². The normalized spacial score (nSPS) is 17.2. The van der Waals surface area contributed by atoms with Crippen LogP contribution in [0.3, 0.4) is 0 Å². The number of ether oxygens (including phenoxy) is 1. The van der Waals surface area contributed by atoms with Gasteiger partial charge in [-0.3, -0.25) is 9.59 Å². The first kappa shape index (κ1) is 18.2. The Bertz CT molecular complexity index is 816. The van der Waals surface area contributed by atoms with Crippen LogP contribution in [0, 0.1) is 5.92 Å². The van der Waals surface area contributed by atoms with E-state index in [1.165, 1.54) is 6.07 Å². The zero-order valence-electron chi connectivity index (χ0n) is 14.9. The lowest BCUT2D eigenvalue weighted by molar-refractivity contribution is 0.0605. The monoisotopic (exact) mass is 356 g/mol. The van der Waals surface area contributed by atoms with E-state index in [9.17, 15) is 14.7 Å². The maximum atomic E-state index is 13.1. The fraction of sp³-hybridized carbons (Fsp3) is 0.400. The molecular weight excluding hydrogens is 332 g/mol. The summed E-state index contributed by atoms with van der Waals surface area (Å²) in [5.41, 5.74) is 0.875. The minimum atomic E-state index is -0.307. The van der Waals surface area contributed by atoms with Gasteiger partial charge in [-0.15, -0.1) is 0 Å². The number of aromatic nitrogens is 1. The first-order chi connectivity index (χ1) is 12.6. The summed E-state index contributed by atoms with van der Waals surface area (Å²) in [7, 11) is 1.73. The van der Waals surface area contributed by atoms with Gasteiger partial charge in [-0.25, -0.2) is 0 Å². The molecule has 1 aliphatic heterocycles. The van der Waals surface area contributed by atoms with Gasteiger partial charge in [-0.1, -0.05) is 30.3 Å². The molecule has 1 amide bonds. The highest BCUT2D eigenvalue weighted by atomic mass is 16.5. The number of hydrogen-bond donors (Lipinski definition) is 1. The zero-order valence-corrected chi connectivity index (χ0v) is 14.9. The van der Waals surface area contributed by atoms with E-state index in [1.807, 2.05) is 30.3 Å². The van der Waals surface area contributed by atoms with Crippen LogP contribution in [0.4, 0.5) is 0 Å². The van der Waals surface area contributed by atoms with Crippen LogP contribution < -0.4 is 10.2 Å². The van der Waals surface area contributed by atoms with Gasteiger partial charge in [0.05, 0.1) is 0 Å². The lowest BCUT2D eigenvalue weighted by Crippen LogP contribution is -2.42. The molecule has 0 radical (unpaired) electrons. The molecule has 1 aromatic heterocycles. The molecule has 1 fully saturated rings. The van der Waals surface area contributed by atoms with E-state index in [4.69, 9.17) is 4.74 Å². The van der Waals surface area contributed by atoms with Gasteiger partial charge in [-0.05, 0) is 24.3 Å². The van der Waals surface area contributed by atoms with Crippen LogP contribution in [-0.4, -0.2) is 40.2 Å². The summed E-state index contributed by atoms with van der Waals surface area (Å²) in [5, 5.41) is 9.41. The smallest absolute Gasteiger partial charge is 0.274 e. The van der Waals surface area contributed by atoms with Crippen molar-refractivity contribution in [3.63, 3.8) is 0 Å². The minimum absolute atomic E-state index is 0.0643. The Kier molecular flexibility index (Phi) is 5.73. The number of carbonyl (C=O) groups excluding carboxylic acids is 1. The van der Waals surface area contributed by atoms with Gasteiger partial charge < -0.3 is 19.3 Å². The second-order valence-corrected chi connectivity index (χ2v) is 6.68. The maximum absolute atomic E-state index is 13.1. The van der Waals surface area contributed by atoms with Gasteiger partial charge >= 0.3 is 0 Å². The van der Waals surface area contributed by atoms with Crippen LogP contribution in [0.2, 0.25) is 0 Å². The van der Waals surface area contributed by atoms with Gasteiger partial charge in [0, 0.05) is 39.0 Å². The number of aliphatic hydroxyl groups is 1. The standard InChI is InChI=1S/C20H24N2O4/c1-21-11-9-17(24)19(26-14-15-6-3-2-4-7-15)18(21)20(25)22-10-5-8-16(12-22)13-23/h2-4,6-7,9,11,16,23H,5,8,10,12-14H2,1H3. The maximum Gasteiger partial charge on any atom is 0.274 e. The summed E-state index contributed by atoms with van der Waals surface area (Å²) < 4.78 is 7.40. The number of aryl methyl sites for hydroxylation is 1. The number of benzene rings is 1. The van der Waals surface area contributed by atoms with Gasteiger partial charge in [0.15, 0.2) is 11.4 Å². The second kappa shape index (κ2) is 8.19. The van der Waals surface area contributed by atoms with E-state index >= 15 is 0 Å². The van der Waals surface area contributed by atoms with Crippen LogP contribution in [0.5, 0.6) is 5.75 Å². The second-order valence-electron chi connectivity index (χ2n) is 6.68. The SMILES string of the molecule is Cn1ccc(=O)c(OCc2ccccc2)c1C(=O)N1CCCC(CO)C1. The largest absolute Gasteiger partial charge is 0.483 e. The number of likely N-dealkylation sites (tertiary alicyclic amines) is 1. The number of piperidine rings is 1. The van der Waals surface area contributed by atoms with Gasteiger partial charge in [0.25, 0.3) is 5.91 Å². The quantitative estimate of drug-likeness (QED) is 0.887. The Hall–Kier alpha value is -2.60. The number of amides is 1. The average molecular weight is 356 g/mol. The fourth-order valence-electron chi connectivity index (χ4n) is 3.27. The molecule has 6 heteroatoms. The summed E-state index contributed by atoms with van der Waals surface area (Å²) in [5.74, 6) is -0.0662. The lowest BCUT2D eigenvalue weighted by Gasteiger charge is -2.32. The van der Waals surface area contributed by atoms with Crippen molar-refractivity contribution in [1.82, 2.24) is 9.47 Å². The summed E-state index contributed by atoms with van der Waals surface area (Å²) in [4.78, 5) is 27.1. The molecular formula is C20H24N2O4. The zero-order chi connectivity index (χ0) is 18.5. The molecule has 26 heavy (non-hydrogen) atoms. The van der Waals surface area contributed by atoms with E-state index in [1.54, 1.807) is 22.7 Å². The Labute approximate surface area is 152 Å².